The van der Waals surface area contributed by atoms with E-state index in [0.29, 0.717) is 19.0 Å². The SMILES string of the molecule is CN=C(NCCc1ccc2c(c1)CCO2)NCCC1CCN(CC(F)(F)F)CC1.I. The van der Waals surface area contributed by atoms with Crippen molar-refractivity contribution in [2.24, 2.45) is 10.9 Å². The quantitative estimate of drug-likeness (QED) is 0.316. The van der Waals surface area contributed by atoms with Crippen molar-refractivity contribution in [3.05, 3.63) is 29.3 Å². The van der Waals surface area contributed by atoms with Gasteiger partial charge in [-0.2, -0.15) is 13.2 Å². The normalized spacial score (nSPS) is 17.8. The Bertz CT molecular complexity index is 691. The maximum Gasteiger partial charge on any atom is 0.401 e. The van der Waals surface area contributed by atoms with E-state index in [0.717, 1.165) is 63.5 Å². The fraction of sp³-hybridized carbons (Fsp3) is 0.667. The number of halogens is 4. The first-order valence-electron chi connectivity index (χ1n) is 10.4. The van der Waals surface area contributed by atoms with E-state index in [2.05, 4.69) is 27.8 Å². The summed E-state index contributed by atoms with van der Waals surface area (Å²) in [5, 5.41) is 6.65. The Morgan fingerprint density at radius 3 is 2.63 bits per heavy atom. The number of fused-ring (bicyclic) bond motifs is 1. The van der Waals surface area contributed by atoms with Gasteiger partial charge in [0.25, 0.3) is 0 Å². The van der Waals surface area contributed by atoms with E-state index in [4.69, 9.17) is 4.74 Å². The third kappa shape index (κ3) is 8.13. The van der Waals surface area contributed by atoms with E-state index in [9.17, 15) is 13.2 Å². The standard InChI is InChI=1S/C21H31F3N4O.HI/c1-25-20(27-10-5-17-2-3-19-18(14-17)8-13-29-19)26-9-4-16-6-11-28(12-7-16)15-21(22,23)24;/h2-3,14,16H,4-13,15H2,1H3,(H2,25,26,27);1H. The van der Waals surface area contributed by atoms with Crippen LogP contribution in [0, 0.1) is 5.92 Å². The van der Waals surface area contributed by atoms with Crippen molar-refractivity contribution in [3.63, 3.8) is 0 Å². The van der Waals surface area contributed by atoms with Crippen molar-refractivity contribution < 1.29 is 17.9 Å². The zero-order valence-corrected chi connectivity index (χ0v) is 19.8. The zero-order chi connectivity index (χ0) is 20.7. The van der Waals surface area contributed by atoms with Gasteiger partial charge in [0, 0.05) is 26.6 Å². The van der Waals surface area contributed by atoms with Crippen LogP contribution in [-0.2, 0) is 12.8 Å². The number of likely N-dealkylation sites (tertiary alicyclic amines) is 1. The Balaban J connectivity index is 0.00000320. The van der Waals surface area contributed by atoms with Gasteiger partial charge in [-0.15, -0.1) is 24.0 Å². The van der Waals surface area contributed by atoms with Crippen LogP contribution in [0.2, 0.25) is 0 Å². The van der Waals surface area contributed by atoms with Gasteiger partial charge in [-0.3, -0.25) is 9.89 Å². The molecule has 3 rings (SSSR count). The molecule has 2 N–H and O–H groups in total. The molecule has 1 aromatic rings. The second kappa shape index (κ2) is 12.0. The van der Waals surface area contributed by atoms with Crippen molar-refractivity contribution >= 4 is 29.9 Å². The van der Waals surface area contributed by atoms with Crippen molar-refractivity contribution in [2.45, 2.75) is 38.3 Å². The summed E-state index contributed by atoms with van der Waals surface area (Å²) in [6.07, 6.45) is 0.393. The summed E-state index contributed by atoms with van der Waals surface area (Å²) < 4.78 is 42.9. The molecule has 9 heteroatoms. The van der Waals surface area contributed by atoms with Crippen LogP contribution >= 0.6 is 24.0 Å². The third-order valence-corrected chi connectivity index (χ3v) is 5.64. The second-order valence-corrected chi connectivity index (χ2v) is 7.84. The van der Waals surface area contributed by atoms with Gasteiger partial charge in [0.1, 0.15) is 5.75 Å². The van der Waals surface area contributed by atoms with E-state index in [1.165, 1.54) is 16.0 Å². The third-order valence-electron chi connectivity index (χ3n) is 5.64. The number of aliphatic imine (C=N–C) groups is 1. The molecule has 2 heterocycles. The highest BCUT2D eigenvalue weighted by Crippen LogP contribution is 2.26. The van der Waals surface area contributed by atoms with E-state index in [1.54, 1.807) is 7.05 Å². The molecule has 0 atom stereocenters. The molecule has 0 radical (unpaired) electrons. The highest BCUT2D eigenvalue weighted by molar-refractivity contribution is 14.0. The Labute approximate surface area is 193 Å². The number of hydrogen-bond donors (Lipinski definition) is 2. The lowest BCUT2D eigenvalue weighted by molar-refractivity contribution is -0.148. The van der Waals surface area contributed by atoms with Crippen LogP contribution < -0.4 is 15.4 Å². The van der Waals surface area contributed by atoms with Crippen LogP contribution in [0.3, 0.4) is 0 Å². The molecule has 170 valence electrons. The summed E-state index contributed by atoms with van der Waals surface area (Å²) in [5.74, 6) is 2.24. The summed E-state index contributed by atoms with van der Waals surface area (Å²) >= 11 is 0. The maximum atomic E-state index is 12.5. The molecule has 1 aromatic carbocycles. The monoisotopic (exact) mass is 540 g/mol. The molecular formula is C21H32F3IN4O. The fourth-order valence-corrected chi connectivity index (χ4v) is 4.02. The van der Waals surface area contributed by atoms with Gasteiger partial charge < -0.3 is 15.4 Å². The zero-order valence-electron chi connectivity index (χ0n) is 17.4. The van der Waals surface area contributed by atoms with E-state index in [-0.39, 0.29) is 24.0 Å². The second-order valence-electron chi connectivity index (χ2n) is 7.84. The Morgan fingerprint density at radius 2 is 1.93 bits per heavy atom. The molecule has 0 saturated carbocycles. The molecule has 0 amide bonds. The summed E-state index contributed by atoms with van der Waals surface area (Å²) in [7, 11) is 1.75. The van der Waals surface area contributed by atoms with Gasteiger partial charge in [0.05, 0.1) is 13.2 Å². The summed E-state index contributed by atoms with van der Waals surface area (Å²) in [6.45, 7) is 2.61. The average Bonchev–Trinajstić information content (AvgIpc) is 3.15. The number of benzene rings is 1. The largest absolute Gasteiger partial charge is 0.493 e. The minimum Gasteiger partial charge on any atom is -0.493 e. The predicted molar refractivity (Wildman–Crippen MR) is 124 cm³/mol. The number of hydrogen-bond acceptors (Lipinski definition) is 3. The molecule has 0 bridgehead atoms. The molecule has 0 aliphatic carbocycles. The van der Waals surface area contributed by atoms with Crippen LogP contribution in [0.5, 0.6) is 5.75 Å². The smallest absolute Gasteiger partial charge is 0.401 e. The van der Waals surface area contributed by atoms with Crippen molar-refractivity contribution in [3.8, 4) is 5.75 Å². The van der Waals surface area contributed by atoms with Gasteiger partial charge in [-0.25, -0.2) is 0 Å². The van der Waals surface area contributed by atoms with Gasteiger partial charge in [-0.05, 0) is 61.9 Å². The van der Waals surface area contributed by atoms with Crippen molar-refractivity contribution in [2.75, 3.05) is 46.4 Å². The molecule has 2 aliphatic heterocycles. The van der Waals surface area contributed by atoms with Gasteiger partial charge >= 0.3 is 6.18 Å². The maximum absolute atomic E-state index is 12.5. The lowest BCUT2D eigenvalue weighted by Gasteiger charge is -2.32. The van der Waals surface area contributed by atoms with Crippen molar-refractivity contribution in [1.29, 1.82) is 0 Å². The number of ether oxygens (including phenoxy) is 1. The van der Waals surface area contributed by atoms with Gasteiger partial charge in [0.15, 0.2) is 5.96 Å². The molecule has 1 saturated heterocycles. The molecular weight excluding hydrogens is 508 g/mol. The van der Waals surface area contributed by atoms with Crippen LogP contribution in [0.25, 0.3) is 0 Å². The number of alkyl halides is 3. The van der Waals surface area contributed by atoms with E-state index in [1.807, 2.05) is 6.07 Å². The average molecular weight is 540 g/mol. The van der Waals surface area contributed by atoms with Crippen LogP contribution in [0.1, 0.15) is 30.4 Å². The summed E-state index contributed by atoms with van der Waals surface area (Å²) in [6, 6.07) is 6.36. The molecule has 0 spiro atoms. The van der Waals surface area contributed by atoms with E-state index >= 15 is 0 Å². The summed E-state index contributed by atoms with van der Waals surface area (Å²) in [5.41, 5.74) is 2.56. The Kier molecular flexibility index (Phi) is 9.99. The fourth-order valence-electron chi connectivity index (χ4n) is 4.02. The molecule has 5 nitrogen and oxygen atoms in total. The predicted octanol–water partition coefficient (Wildman–Crippen LogP) is 3.61. The summed E-state index contributed by atoms with van der Waals surface area (Å²) in [4.78, 5) is 5.76. The highest BCUT2D eigenvalue weighted by atomic mass is 127. The number of guanidine groups is 1. The topological polar surface area (TPSA) is 48.9 Å². The molecule has 0 aromatic heterocycles. The Hall–Kier alpha value is -1.23. The van der Waals surface area contributed by atoms with Crippen LogP contribution in [0.15, 0.2) is 23.2 Å². The molecule has 2 aliphatic rings. The molecule has 0 unspecified atom stereocenters. The van der Waals surface area contributed by atoms with Gasteiger partial charge in [0.2, 0.25) is 0 Å². The first-order valence-corrected chi connectivity index (χ1v) is 10.4. The van der Waals surface area contributed by atoms with Crippen molar-refractivity contribution in [1.82, 2.24) is 15.5 Å². The first-order chi connectivity index (χ1) is 13.9. The lowest BCUT2D eigenvalue weighted by atomic mass is 9.93. The van der Waals surface area contributed by atoms with Gasteiger partial charge in [-0.1, -0.05) is 12.1 Å². The molecule has 1 fully saturated rings. The highest BCUT2D eigenvalue weighted by Gasteiger charge is 2.32. The number of nitrogens with one attached hydrogen (secondary N) is 2. The number of piperidine rings is 1. The minimum absolute atomic E-state index is 0. The minimum atomic E-state index is -4.10. The van der Waals surface area contributed by atoms with E-state index < -0.39 is 12.7 Å². The Morgan fingerprint density at radius 1 is 1.20 bits per heavy atom. The lowest BCUT2D eigenvalue weighted by Crippen LogP contribution is -2.42. The number of nitrogens with zero attached hydrogens (tertiary/aromatic N) is 2. The molecule has 30 heavy (non-hydrogen) atoms. The first kappa shape index (κ1) is 25.0. The number of rotatable bonds is 7. The van der Waals surface area contributed by atoms with Crippen LogP contribution in [0.4, 0.5) is 13.2 Å². The van der Waals surface area contributed by atoms with Crippen LogP contribution in [-0.4, -0.2) is 63.4 Å².